The van der Waals surface area contributed by atoms with Gasteiger partial charge in [-0.05, 0) is 19.1 Å². The second-order valence-corrected chi connectivity index (χ2v) is 4.97. The molecule has 0 unspecified atom stereocenters. The number of nitrogens with one attached hydrogen (secondary N) is 1. The van der Waals surface area contributed by atoms with Crippen molar-refractivity contribution in [3.63, 3.8) is 0 Å². The fourth-order valence-corrected chi connectivity index (χ4v) is 2.32. The predicted molar refractivity (Wildman–Crippen MR) is 80.9 cm³/mol. The molecule has 3 aromatic rings. The molecule has 1 aromatic carbocycles. The van der Waals surface area contributed by atoms with E-state index in [4.69, 9.17) is 0 Å². The van der Waals surface area contributed by atoms with Crippen molar-refractivity contribution in [2.24, 2.45) is 7.05 Å². The van der Waals surface area contributed by atoms with E-state index in [9.17, 15) is 4.79 Å². The van der Waals surface area contributed by atoms with Crippen molar-refractivity contribution < 1.29 is 4.79 Å². The van der Waals surface area contributed by atoms with Crippen LogP contribution in [0.3, 0.4) is 0 Å². The lowest BCUT2D eigenvalue weighted by molar-refractivity contribution is 0.0951. The first-order valence-corrected chi connectivity index (χ1v) is 6.76. The van der Waals surface area contributed by atoms with Crippen molar-refractivity contribution in [3.8, 4) is 0 Å². The molecule has 21 heavy (non-hydrogen) atoms. The SMILES string of the molecule is Cc1cc(C(=O)NCc2nccn2C)c2ccccc2n1. The molecule has 2 aromatic heterocycles. The molecule has 0 bridgehead atoms. The van der Waals surface area contributed by atoms with Crippen LogP contribution in [0, 0.1) is 6.92 Å². The minimum Gasteiger partial charge on any atom is -0.345 e. The fraction of sp³-hybridized carbons (Fsp3) is 0.188. The summed E-state index contributed by atoms with van der Waals surface area (Å²) in [6, 6.07) is 9.48. The van der Waals surface area contributed by atoms with Gasteiger partial charge in [-0.3, -0.25) is 9.78 Å². The number of pyridine rings is 1. The zero-order valence-corrected chi connectivity index (χ0v) is 12.0. The number of hydrogen-bond donors (Lipinski definition) is 1. The number of para-hydroxylation sites is 1. The van der Waals surface area contributed by atoms with Crippen LogP contribution in [0.2, 0.25) is 0 Å². The van der Waals surface area contributed by atoms with Gasteiger partial charge in [-0.2, -0.15) is 0 Å². The molecule has 2 heterocycles. The summed E-state index contributed by atoms with van der Waals surface area (Å²) in [6.45, 7) is 2.29. The van der Waals surface area contributed by atoms with E-state index < -0.39 is 0 Å². The molecule has 106 valence electrons. The summed E-state index contributed by atoms with van der Waals surface area (Å²) >= 11 is 0. The molecule has 0 fully saturated rings. The van der Waals surface area contributed by atoms with Crippen LogP contribution in [0.4, 0.5) is 0 Å². The molecule has 1 amide bonds. The lowest BCUT2D eigenvalue weighted by Gasteiger charge is -2.09. The number of benzene rings is 1. The van der Waals surface area contributed by atoms with Gasteiger partial charge in [0.15, 0.2) is 0 Å². The Kier molecular flexibility index (Phi) is 3.39. The van der Waals surface area contributed by atoms with Gasteiger partial charge in [0.1, 0.15) is 5.82 Å². The van der Waals surface area contributed by atoms with Gasteiger partial charge in [0.2, 0.25) is 0 Å². The third kappa shape index (κ3) is 2.63. The Bertz CT molecular complexity index is 807. The van der Waals surface area contributed by atoms with Gasteiger partial charge in [0, 0.05) is 30.5 Å². The number of amides is 1. The van der Waals surface area contributed by atoms with Crippen LogP contribution in [0.15, 0.2) is 42.7 Å². The first kappa shape index (κ1) is 13.3. The van der Waals surface area contributed by atoms with Crippen LogP contribution in [0.25, 0.3) is 10.9 Å². The molecule has 5 heteroatoms. The molecule has 0 saturated carbocycles. The first-order chi connectivity index (χ1) is 10.1. The van der Waals surface area contributed by atoms with E-state index in [1.807, 2.05) is 55.1 Å². The largest absolute Gasteiger partial charge is 0.345 e. The Hall–Kier alpha value is -2.69. The van der Waals surface area contributed by atoms with Gasteiger partial charge in [-0.1, -0.05) is 18.2 Å². The van der Waals surface area contributed by atoms with Gasteiger partial charge in [0.25, 0.3) is 5.91 Å². The van der Waals surface area contributed by atoms with E-state index in [0.29, 0.717) is 12.1 Å². The lowest BCUT2D eigenvalue weighted by atomic mass is 10.1. The fourth-order valence-electron chi connectivity index (χ4n) is 2.32. The third-order valence-corrected chi connectivity index (χ3v) is 3.42. The standard InChI is InChI=1S/C16H16N4O/c1-11-9-13(12-5-3-4-6-14(12)19-11)16(21)18-10-15-17-7-8-20(15)2/h3-9H,10H2,1-2H3,(H,18,21). The van der Waals surface area contributed by atoms with Crippen LogP contribution >= 0.6 is 0 Å². The highest BCUT2D eigenvalue weighted by molar-refractivity contribution is 6.06. The Labute approximate surface area is 122 Å². The van der Waals surface area contributed by atoms with Crippen LogP contribution in [-0.4, -0.2) is 20.4 Å². The normalized spacial score (nSPS) is 10.8. The number of aryl methyl sites for hydroxylation is 2. The molecule has 0 aliphatic carbocycles. The molecule has 0 atom stereocenters. The van der Waals surface area contributed by atoms with Gasteiger partial charge in [-0.15, -0.1) is 0 Å². The summed E-state index contributed by atoms with van der Waals surface area (Å²) in [5.41, 5.74) is 2.31. The second kappa shape index (κ2) is 5.36. The minimum absolute atomic E-state index is 0.111. The van der Waals surface area contributed by atoms with E-state index in [0.717, 1.165) is 22.4 Å². The quantitative estimate of drug-likeness (QED) is 0.800. The zero-order chi connectivity index (χ0) is 14.8. The Morgan fingerprint density at radius 3 is 2.90 bits per heavy atom. The highest BCUT2D eigenvalue weighted by Gasteiger charge is 2.12. The summed E-state index contributed by atoms with van der Waals surface area (Å²) in [4.78, 5) is 21.1. The maximum Gasteiger partial charge on any atom is 0.252 e. The zero-order valence-electron chi connectivity index (χ0n) is 12.0. The summed E-state index contributed by atoms with van der Waals surface area (Å²) in [5.74, 6) is 0.707. The van der Waals surface area contributed by atoms with Crippen molar-refractivity contribution in [1.29, 1.82) is 0 Å². The van der Waals surface area contributed by atoms with E-state index >= 15 is 0 Å². The van der Waals surface area contributed by atoms with Gasteiger partial charge >= 0.3 is 0 Å². The molecular weight excluding hydrogens is 264 g/mol. The average molecular weight is 280 g/mol. The van der Waals surface area contributed by atoms with Crippen molar-refractivity contribution in [1.82, 2.24) is 19.9 Å². The molecule has 1 N–H and O–H groups in total. The summed E-state index contributed by atoms with van der Waals surface area (Å²) < 4.78 is 1.89. The highest BCUT2D eigenvalue weighted by atomic mass is 16.1. The van der Waals surface area contributed by atoms with Crippen molar-refractivity contribution in [3.05, 3.63) is 59.8 Å². The molecule has 0 aliphatic rings. The predicted octanol–water partition coefficient (Wildman–Crippen LogP) is 2.21. The van der Waals surface area contributed by atoms with E-state index in [1.165, 1.54) is 0 Å². The molecule has 3 rings (SSSR count). The monoisotopic (exact) mass is 280 g/mol. The van der Waals surface area contributed by atoms with Gasteiger partial charge < -0.3 is 9.88 Å². The first-order valence-electron chi connectivity index (χ1n) is 6.76. The minimum atomic E-state index is -0.111. The topological polar surface area (TPSA) is 59.8 Å². The number of carbonyl (C=O) groups is 1. The number of rotatable bonds is 3. The Morgan fingerprint density at radius 1 is 1.33 bits per heavy atom. The maximum absolute atomic E-state index is 12.4. The van der Waals surface area contributed by atoms with Gasteiger partial charge in [-0.25, -0.2) is 4.98 Å². The number of nitrogens with zero attached hydrogens (tertiary/aromatic N) is 3. The highest BCUT2D eigenvalue weighted by Crippen LogP contribution is 2.18. The number of hydrogen-bond acceptors (Lipinski definition) is 3. The molecule has 0 saturated heterocycles. The smallest absolute Gasteiger partial charge is 0.252 e. The number of imidazole rings is 1. The third-order valence-electron chi connectivity index (χ3n) is 3.42. The lowest BCUT2D eigenvalue weighted by Crippen LogP contribution is -2.24. The Balaban J connectivity index is 1.89. The average Bonchev–Trinajstić information content (AvgIpc) is 2.89. The number of aromatic nitrogens is 3. The molecule has 0 radical (unpaired) electrons. The van der Waals surface area contributed by atoms with Crippen molar-refractivity contribution in [2.45, 2.75) is 13.5 Å². The van der Waals surface area contributed by atoms with E-state index in [-0.39, 0.29) is 5.91 Å². The van der Waals surface area contributed by atoms with Crippen molar-refractivity contribution in [2.75, 3.05) is 0 Å². The maximum atomic E-state index is 12.4. The summed E-state index contributed by atoms with van der Waals surface area (Å²) in [7, 11) is 1.90. The van der Waals surface area contributed by atoms with Crippen LogP contribution < -0.4 is 5.32 Å². The van der Waals surface area contributed by atoms with Crippen molar-refractivity contribution >= 4 is 16.8 Å². The van der Waals surface area contributed by atoms with Gasteiger partial charge in [0.05, 0.1) is 17.6 Å². The van der Waals surface area contributed by atoms with E-state index in [2.05, 4.69) is 15.3 Å². The number of fused-ring (bicyclic) bond motifs is 1. The molecule has 0 spiro atoms. The molecular formula is C16H16N4O. The molecule has 0 aliphatic heterocycles. The van der Waals surface area contributed by atoms with E-state index in [1.54, 1.807) is 6.20 Å². The van der Waals surface area contributed by atoms with Crippen LogP contribution in [-0.2, 0) is 13.6 Å². The number of carbonyl (C=O) groups excluding carboxylic acids is 1. The van der Waals surface area contributed by atoms with Crippen LogP contribution in [0.5, 0.6) is 0 Å². The Morgan fingerprint density at radius 2 is 2.14 bits per heavy atom. The molecule has 5 nitrogen and oxygen atoms in total. The summed E-state index contributed by atoms with van der Waals surface area (Å²) in [6.07, 6.45) is 3.57. The van der Waals surface area contributed by atoms with Crippen LogP contribution in [0.1, 0.15) is 21.9 Å². The second-order valence-electron chi connectivity index (χ2n) is 4.97. The summed E-state index contributed by atoms with van der Waals surface area (Å²) in [5, 5.41) is 3.77.